The first-order valence-corrected chi connectivity index (χ1v) is 9.20. The molecule has 0 amide bonds. The molecule has 0 unspecified atom stereocenters. The van der Waals surface area contributed by atoms with Crippen LogP contribution in [0, 0.1) is 0 Å². The van der Waals surface area contributed by atoms with Crippen LogP contribution in [0.25, 0.3) is 0 Å². The molecule has 0 radical (unpaired) electrons. The SMILES string of the molecule is CCCCC/C=C/C/C=C/C/C=C/C/C=C/CCCBr. The van der Waals surface area contributed by atoms with Crippen LogP contribution in [0.2, 0.25) is 0 Å². The fourth-order valence-electron chi connectivity index (χ4n) is 1.76. The van der Waals surface area contributed by atoms with E-state index in [9.17, 15) is 0 Å². The van der Waals surface area contributed by atoms with Gasteiger partial charge in [0, 0.05) is 5.33 Å². The average Bonchev–Trinajstić information content (AvgIpc) is 2.47. The van der Waals surface area contributed by atoms with E-state index in [4.69, 9.17) is 0 Å². The maximum atomic E-state index is 3.43. The minimum atomic E-state index is 1.05. The van der Waals surface area contributed by atoms with Gasteiger partial charge < -0.3 is 0 Å². The molecule has 0 rings (SSSR count). The molecule has 0 aromatic rings. The first kappa shape index (κ1) is 19.4. The third-order valence-corrected chi connectivity index (χ3v) is 3.52. The van der Waals surface area contributed by atoms with Gasteiger partial charge in [-0.25, -0.2) is 0 Å². The third-order valence-electron chi connectivity index (χ3n) is 2.96. The van der Waals surface area contributed by atoms with E-state index in [1.165, 1.54) is 38.5 Å². The van der Waals surface area contributed by atoms with Crippen molar-refractivity contribution in [2.24, 2.45) is 0 Å². The molecule has 20 heavy (non-hydrogen) atoms. The van der Waals surface area contributed by atoms with Crippen molar-refractivity contribution in [3.63, 3.8) is 0 Å². The highest BCUT2D eigenvalue weighted by atomic mass is 79.9. The second-order valence-corrected chi connectivity index (χ2v) is 5.71. The molecular formula is C19H31Br. The lowest BCUT2D eigenvalue weighted by Gasteiger charge is -1.90. The molecule has 0 N–H and O–H groups in total. The predicted octanol–water partition coefficient (Wildman–Crippen LogP) is 7.14. The third kappa shape index (κ3) is 17.4. The van der Waals surface area contributed by atoms with Gasteiger partial charge in [0.25, 0.3) is 0 Å². The van der Waals surface area contributed by atoms with Gasteiger partial charge in [-0.15, -0.1) is 0 Å². The molecule has 0 aliphatic rings. The molecule has 0 saturated carbocycles. The van der Waals surface area contributed by atoms with Crippen molar-refractivity contribution in [1.29, 1.82) is 0 Å². The quantitative estimate of drug-likeness (QED) is 0.190. The molecule has 1 heteroatoms. The molecule has 114 valence electrons. The molecule has 0 fully saturated rings. The summed E-state index contributed by atoms with van der Waals surface area (Å²) in [6, 6.07) is 0. The summed E-state index contributed by atoms with van der Waals surface area (Å²) in [5, 5.41) is 1.10. The number of unbranched alkanes of at least 4 members (excludes halogenated alkanes) is 4. The Labute approximate surface area is 134 Å². The van der Waals surface area contributed by atoms with Crippen LogP contribution >= 0.6 is 15.9 Å². The van der Waals surface area contributed by atoms with Crippen LogP contribution in [0.1, 0.15) is 64.7 Å². The largest absolute Gasteiger partial charge is 0.0928 e. The monoisotopic (exact) mass is 338 g/mol. The van der Waals surface area contributed by atoms with Gasteiger partial charge in [0.15, 0.2) is 0 Å². The zero-order valence-electron chi connectivity index (χ0n) is 13.1. The highest BCUT2D eigenvalue weighted by Crippen LogP contribution is 2.01. The second-order valence-electron chi connectivity index (χ2n) is 4.92. The summed E-state index contributed by atoms with van der Waals surface area (Å²) in [4.78, 5) is 0. The number of allylic oxidation sites excluding steroid dienone is 8. The second kappa shape index (κ2) is 18.4. The van der Waals surface area contributed by atoms with Gasteiger partial charge in [-0.2, -0.15) is 0 Å². The molecule has 0 spiro atoms. The Balaban J connectivity index is 3.36. The Morgan fingerprint density at radius 1 is 0.600 bits per heavy atom. The van der Waals surface area contributed by atoms with Crippen LogP contribution in [0.4, 0.5) is 0 Å². The standard InChI is InChI=1S/C19H31Br/c1-2-3-4-5-6-7-8-9-10-11-12-13-14-15-16-17-18-19-20/h6-7,9-10,12-13,15-16H,2-5,8,11,14,17-19H2,1H3/b7-6+,10-9+,13-12+,16-15+. The van der Waals surface area contributed by atoms with E-state index in [0.717, 1.165) is 24.6 Å². The van der Waals surface area contributed by atoms with E-state index in [0.29, 0.717) is 0 Å². The van der Waals surface area contributed by atoms with E-state index in [1.807, 2.05) is 0 Å². The highest BCUT2D eigenvalue weighted by Gasteiger charge is 1.81. The molecule has 0 nitrogen and oxygen atoms in total. The lowest BCUT2D eigenvalue weighted by atomic mass is 10.2. The summed E-state index contributed by atoms with van der Waals surface area (Å²) in [7, 11) is 0. The van der Waals surface area contributed by atoms with Crippen molar-refractivity contribution < 1.29 is 0 Å². The van der Waals surface area contributed by atoms with Crippen LogP contribution in [0.5, 0.6) is 0 Å². The summed E-state index contributed by atoms with van der Waals surface area (Å²) >= 11 is 3.43. The number of rotatable bonds is 13. The molecule has 0 aliphatic carbocycles. The van der Waals surface area contributed by atoms with Gasteiger partial charge in [0.2, 0.25) is 0 Å². The van der Waals surface area contributed by atoms with Gasteiger partial charge in [-0.1, -0.05) is 84.3 Å². The summed E-state index contributed by atoms with van der Waals surface area (Å²) in [6.07, 6.45) is 29.0. The smallest absolute Gasteiger partial charge is 0.00342 e. The molecular weight excluding hydrogens is 308 g/mol. The first-order valence-electron chi connectivity index (χ1n) is 8.07. The van der Waals surface area contributed by atoms with E-state index < -0.39 is 0 Å². The van der Waals surface area contributed by atoms with E-state index in [-0.39, 0.29) is 0 Å². The average molecular weight is 339 g/mol. The molecule has 0 aliphatic heterocycles. The van der Waals surface area contributed by atoms with Gasteiger partial charge in [-0.05, 0) is 44.9 Å². The molecule has 0 aromatic heterocycles. The van der Waals surface area contributed by atoms with Crippen molar-refractivity contribution in [3.8, 4) is 0 Å². The lowest BCUT2D eigenvalue weighted by molar-refractivity contribution is 0.728. The minimum absolute atomic E-state index is 1.05. The van der Waals surface area contributed by atoms with Crippen molar-refractivity contribution >= 4 is 15.9 Å². The molecule has 0 saturated heterocycles. The van der Waals surface area contributed by atoms with Crippen molar-refractivity contribution in [2.75, 3.05) is 5.33 Å². The van der Waals surface area contributed by atoms with Crippen LogP contribution in [0.15, 0.2) is 48.6 Å². The topological polar surface area (TPSA) is 0 Å². The Morgan fingerprint density at radius 2 is 1.05 bits per heavy atom. The maximum absolute atomic E-state index is 3.43. The van der Waals surface area contributed by atoms with E-state index in [2.05, 4.69) is 71.5 Å². The van der Waals surface area contributed by atoms with Crippen LogP contribution in [-0.2, 0) is 0 Å². The van der Waals surface area contributed by atoms with Crippen molar-refractivity contribution in [1.82, 2.24) is 0 Å². The summed E-state index contributed by atoms with van der Waals surface area (Å²) in [5.74, 6) is 0. The fourth-order valence-corrected chi connectivity index (χ4v) is 2.08. The van der Waals surface area contributed by atoms with Crippen molar-refractivity contribution in [3.05, 3.63) is 48.6 Å². The number of halogens is 1. The van der Waals surface area contributed by atoms with E-state index >= 15 is 0 Å². The lowest BCUT2D eigenvalue weighted by Crippen LogP contribution is -1.70. The zero-order valence-corrected chi connectivity index (χ0v) is 14.7. The highest BCUT2D eigenvalue weighted by molar-refractivity contribution is 9.09. The minimum Gasteiger partial charge on any atom is -0.0928 e. The Bertz CT molecular complexity index is 284. The number of hydrogen-bond donors (Lipinski definition) is 0. The number of alkyl halides is 1. The van der Waals surface area contributed by atoms with Crippen LogP contribution in [-0.4, -0.2) is 5.33 Å². The maximum Gasteiger partial charge on any atom is 0.00342 e. The Morgan fingerprint density at radius 3 is 1.50 bits per heavy atom. The molecule has 0 bridgehead atoms. The summed E-state index contributed by atoms with van der Waals surface area (Å²) in [6.45, 7) is 2.25. The molecule has 0 atom stereocenters. The zero-order chi connectivity index (χ0) is 14.7. The normalized spacial score (nSPS) is 12.7. The first-order chi connectivity index (χ1) is 9.91. The molecule has 0 heterocycles. The Kier molecular flexibility index (Phi) is 17.9. The van der Waals surface area contributed by atoms with Gasteiger partial charge >= 0.3 is 0 Å². The summed E-state index contributed by atoms with van der Waals surface area (Å²) < 4.78 is 0. The van der Waals surface area contributed by atoms with E-state index in [1.54, 1.807) is 0 Å². The predicted molar refractivity (Wildman–Crippen MR) is 97.6 cm³/mol. The van der Waals surface area contributed by atoms with Gasteiger partial charge in [0.1, 0.15) is 0 Å². The van der Waals surface area contributed by atoms with Gasteiger partial charge in [0.05, 0.1) is 0 Å². The van der Waals surface area contributed by atoms with Crippen molar-refractivity contribution in [2.45, 2.75) is 64.7 Å². The fraction of sp³-hybridized carbons (Fsp3) is 0.579. The van der Waals surface area contributed by atoms with Gasteiger partial charge in [-0.3, -0.25) is 0 Å². The number of hydrogen-bond acceptors (Lipinski definition) is 0. The Hall–Kier alpha value is -0.560. The van der Waals surface area contributed by atoms with Crippen LogP contribution in [0.3, 0.4) is 0 Å². The molecule has 0 aromatic carbocycles. The van der Waals surface area contributed by atoms with Crippen LogP contribution < -0.4 is 0 Å². The summed E-state index contributed by atoms with van der Waals surface area (Å²) in [5.41, 5.74) is 0.